The highest BCUT2D eigenvalue weighted by molar-refractivity contribution is 5.27. The molecule has 0 aliphatic carbocycles. The molecule has 72 valence electrons. The van der Waals surface area contributed by atoms with Gasteiger partial charge in [-0.25, -0.2) is 4.39 Å². The highest BCUT2D eigenvalue weighted by Gasteiger charge is 2.11. The van der Waals surface area contributed by atoms with Gasteiger partial charge in [-0.2, -0.15) is 0 Å². The first kappa shape index (κ1) is 10.2. The van der Waals surface area contributed by atoms with Crippen LogP contribution in [-0.4, -0.2) is 11.7 Å². The van der Waals surface area contributed by atoms with E-state index in [0.29, 0.717) is 17.5 Å². The minimum absolute atomic E-state index is 0.0193. The summed E-state index contributed by atoms with van der Waals surface area (Å²) in [7, 11) is 0. The van der Waals surface area contributed by atoms with Gasteiger partial charge in [0.05, 0.1) is 0 Å². The van der Waals surface area contributed by atoms with Crippen LogP contribution in [0, 0.1) is 12.7 Å². The molecule has 0 saturated carbocycles. The number of nitrogens with two attached hydrogens (primary N) is 1. The molecule has 0 aliphatic heterocycles. The van der Waals surface area contributed by atoms with Gasteiger partial charge < -0.3 is 10.8 Å². The van der Waals surface area contributed by atoms with E-state index < -0.39 is 6.04 Å². The third-order valence-corrected chi connectivity index (χ3v) is 2.06. The largest absolute Gasteiger partial charge is 0.396 e. The van der Waals surface area contributed by atoms with E-state index in [0.717, 1.165) is 0 Å². The maximum absolute atomic E-state index is 13.4. The summed E-state index contributed by atoms with van der Waals surface area (Å²) in [6.07, 6.45) is 0.389. The molecule has 0 bridgehead atoms. The van der Waals surface area contributed by atoms with Crippen molar-refractivity contribution in [2.45, 2.75) is 19.4 Å². The molecule has 1 aromatic rings. The highest BCUT2D eigenvalue weighted by atomic mass is 19.1. The zero-order chi connectivity index (χ0) is 9.84. The predicted molar refractivity (Wildman–Crippen MR) is 49.8 cm³/mol. The third kappa shape index (κ3) is 2.26. The molecule has 0 fully saturated rings. The Bertz CT molecular complexity index is 288. The van der Waals surface area contributed by atoms with E-state index in [1.165, 1.54) is 0 Å². The average molecular weight is 183 g/mol. The molecule has 0 radical (unpaired) electrons. The van der Waals surface area contributed by atoms with Crippen LogP contribution in [0.1, 0.15) is 23.6 Å². The molecule has 3 heteroatoms. The Morgan fingerprint density at radius 1 is 1.54 bits per heavy atom. The molecule has 13 heavy (non-hydrogen) atoms. The van der Waals surface area contributed by atoms with Gasteiger partial charge in [0, 0.05) is 18.2 Å². The lowest BCUT2D eigenvalue weighted by Crippen LogP contribution is -2.14. The Kier molecular flexibility index (Phi) is 3.39. The number of hydrogen-bond donors (Lipinski definition) is 2. The van der Waals surface area contributed by atoms with Crippen LogP contribution >= 0.6 is 0 Å². The Morgan fingerprint density at radius 2 is 2.23 bits per heavy atom. The van der Waals surface area contributed by atoms with E-state index in [2.05, 4.69) is 0 Å². The maximum atomic E-state index is 13.4. The van der Waals surface area contributed by atoms with Gasteiger partial charge in [0.15, 0.2) is 0 Å². The monoisotopic (exact) mass is 183 g/mol. The minimum atomic E-state index is -0.412. The van der Waals surface area contributed by atoms with Crippen molar-refractivity contribution in [1.29, 1.82) is 0 Å². The van der Waals surface area contributed by atoms with Crippen LogP contribution in [0.15, 0.2) is 18.2 Å². The fourth-order valence-electron chi connectivity index (χ4n) is 1.25. The van der Waals surface area contributed by atoms with Gasteiger partial charge >= 0.3 is 0 Å². The summed E-state index contributed by atoms with van der Waals surface area (Å²) in [6.45, 7) is 1.68. The Morgan fingerprint density at radius 3 is 2.85 bits per heavy atom. The summed E-state index contributed by atoms with van der Waals surface area (Å²) in [6, 6.07) is 4.71. The minimum Gasteiger partial charge on any atom is -0.396 e. The van der Waals surface area contributed by atoms with Crippen molar-refractivity contribution in [3.05, 3.63) is 35.1 Å². The Hall–Kier alpha value is -0.930. The molecule has 1 rings (SSSR count). The molecule has 1 aromatic carbocycles. The molecular weight excluding hydrogens is 169 g/mol. The van der Waals surface area contributed by atoms with Gasteiger partial charge in [0.25, 0.3) is 0 Å². The molecule has 1 atom stereocenters. The molecule has 0 aromatic heterocycles. The number of benzene rings is 1. The fraction of sp³-hybridized carbons (Fsp3) is 0.400. The molecule has 0 aliphatic rings. The topological polar surface area (TPSA) is 46.2 Å². The lowest BCUT2D eigenvalue weighted by atomic mass is 10.0. The van der Waals surface area contributed by atoms with E-state index in [-0.39, 0.29) is 12.4 Å². The van der Waals surface area contributed by atoms with Crippen LogP contribution in [0.25, 0.3) is 0 Å². The third-order valence-electron chi connectivity index (χ3n) is 2.06. The zero-order valence-corrected chi connectivity index (χ0v) is 7.63. The number of aliphatic hydroxyl groups is 1. The average Bonchev–Trinajstić information content (AvgIpc) is 2.10. The molecule has 0 heterocycles. The second-order valence-electron chi connectivity index (χ2n) is 3.10. The Labute approximate surface area is 77.2 Å². The highest BCUT2D eigenvalue weighted by Crippen LogP contribution is 2.19. The maximum Gasteiger partial charge on any atom is 0.130 e. The van der Waals surface area contributed by atoms with E-state index in [1.54, 1.807) is 25.1 Å². The second kappa shape index (κ2) is 4.35. The molecule has 2 nitrogen and oxygen atoms in total. The number of aryl methyl sites for hydroxylation is 1. The summed E-state index contributed by atoms with van der Waals surface area (Å²) in [5, 5.41) is 8.66. The number of halogens is 1. The molecule has 0 saturated heterocycles. The fourth-order valence-corrected chi connectivity index (χ4v) is 1.25. The van der Waals surface area contributed by atoms with Crippen LogP contribution in [-0.2, 0) is 0 Å². The second-order valence-corrected chi connectivity index (χ2v) is 3.10. The van der Waals surface area contributed by atoms with Crippen LogP contribution in [0.3, 0.4) is 0 Å². The molecule has 0 amide bonds. The van der Waals surface area contributed by atoms with Crippen LogP contribution < -0.4 is 5.73 Å². The lowest BCUT2D eigenvalue weighted by molar-refractivity contribution is 0.275. The van der Waals surface area contributed by atoms with E-state index in [1.807, 2.05) is 0 Å². The summed E-state index contributed by atoms with van der Waals surface area (Å²) >= 11 is 0. The summed E-state index contributed by atoms with van der Waals surface area (Å²) in [4.78, 5) is 0. The van der Waals surface area contributed by atoms with Gasteiger partial charge in [0.2, 0.25) is 0 Å². The van der Waals surface area contributed by atoms with Gasteiger partial charge in [-0.15, -0.1) is 0 Å². The van der Waals surface area contributed by atoms with Gasteiger partial charge in [-0.1, -0.05) is 18.2 Å². The van der Waals surface area contributed by atoms with Crippen molar-refractivity contribution in [2.24, 2.45) is 5.73 Å². The molecular formula is C10H14FNO. The van der Waals surface area contributed by atoms with Crippen molar-refractivity contribution < 1.29 is 9.50 Å². The van der Waals surface area contributed by atoms with Crippen molar-refractivity contribution in [2.75, 3.05) is 6.61 Å². The first-order chi connectivity index (χ1) is 6.16. The predicted octanol–water partition coefficient (Wildman–Crippen LogP) is 1.52. The smallest absolute Gasteiger partial charge is 0.130 e. The summed E-state index contributed by atoms with van der Waals surface area (Å²) in [5.74, 6) is -0.261. The van der Waals surface area contributed by atoms with Crippen molar-refractivity contribution in [1.82, 2.24) is 0 Å². The van der Waals surface area contributed by atoms with Gasteiger partial charge in [0.1, 0.15) is 5.82 Å². The van der Waals surface area contributed by atoms with Crippen molar-refractivity contribution >= 4 is 0 Å². The number of hydrogen-bond acceptors (Lipinski definition) is 2. The first-order valence-corrected chi connectivity index (χ1v) is 4.28. The van der Waals surface area contributed by atoms with Crippen molar-refractivity contribution in [3.63, 3.8) is 0 Å². The van der Waals surface area contributed by atoms with Crippen LogP contribution in [0.4, 0.5) is 4.39 Å². The molecule has 0 unspecified atom stereocenters. The first-order valence-electron chi connectivity index (χ1n) is 4.28. The van der Waals surface area contributed by atoms with Crippen molar-refractivity contribution in [3.8, 4) is 0 Å². The van der Waals surface area contributed by atoms with Gasteiger partial charge in [-0.05, 0) is 18.9 Å². The standard InChI is InChI=1S/C10H14FNO/c1-7-3-2-4-8(10(7)11)9(12)5-6-13/h2-4,9,13H,5-6,12H2,1H3/t9-/m1/s1. The van der Waals surface area contributed by atoms with E-state index in [9.17, 15) is 4.39 Å². The van der Waals surface area contributed by atoms with Crippen LogP contribution in [0.5, 0.6) is 0 Å². The SMILES string of the molecule is Cc1cccc([C@H](N)CCO)c1F. The Balaban J connectivity index is 2.93. The molecule has 3 N–H and O–H groups in total. The van der Waals surface area contributed by atoms with Crippen LogP contribution in [0.2, 0.25) is 0 Å². The zero-order valence-electron chi connectivity index (χ0n) is 7.63. The lowest BCUT2D eigenvalue weighted by Gasteiger charge is -2.12. The summed E-state index contributed by atoms with van der Waals surface area (Å²) < 4.78 is 13.4. The normalized spacial score (nSPS) is 12.9. The summed E-state index contributed by atoms with van der Waals surface area (Å²) in [5.41, 5.74) is 6.74. The number of aliphatic hydroxyl groups excluding tert-OH is 1. The van der Waals surface area contributed by atoms with E-state index in [4.69, 9.17) is 10.8 Å². The van der Waals surface area contributed by atoms with Gasteiger partial charge in [-0.3, -0.25) is 0 Å². The number of rotatable bonds is 3. The quantitative estimate of drug-likeness (QED) is 0.746. The van der Waals surface area contributed by atoms with E-state index >= 15 is 0 Å². The molecule has 0 spiro atoms.